The van der Waals surface area contributed by atoms with E-state index < -0.39 is 0 Å². The predicted octanol–water partition coefficient (Wildman–Crippen LogP) is 13.5. The zero-order valence-electron chi connectivity index (χ0n) is 27.3. The zero-order chi connectivity index (χ0) is 33.0. The molecule has 10 rings (SSSR count). The minimum Gasteiger partial charge on any atom is -0.248 e. The number of hydrogen-bond acceptors (Lipinski definition) is 1. The predicted molar refractivity (Wildman–Crippen MR) is 214 cm³/mol. The van der Waals surface area contributed by atoms with Crippen molar-refractivity contribution in [1.29, 1.82) is 0 Å². The second-order valence-corrected chi connectivity index (χ2v) is 13.1. The van der Waals surface area contributed by atoms with E-state index in [9.17, 15) is 0 Å². The number of hydrogen-bond donors (Lipinski definition) is 0. The van der Waals surface area contributed by atoms with E-state index >= 15 is 0 Å². The molecule has 0 aliphatic carbocycles. The average Bonchev–Trinajstić information content (AvgIpc) is 3.19. The molecule has 10 aromatic rings. The van der Waals surface area contributed by atoms with E-state index in [0.717, 1.165) is 17.0 Å². The highest BCUT2D eigenvalue weighted by atomic mass is 14.7. The monoisotopic (exact) mass is 633 g/mol. The summed E-state index contributed by atoms with van der Waals surface area (Å²) in [5.41, 5.74) is 9.15. The molecule has 9 aromatic carbocycles. The summed E-state index contributed by atoms with van der Waals surface area (Å²) in [6.07, 6.45) is 0. The van der Waals surface area contributed by atoms with Gasteiger partial charge in [-0.1, -0.05) is 164 Å². The van der Waals surface area contributed by atoms with Crippen LogP contribution in [-0.4, -0.2) is 4.98 Å². The van der Waals surface area contributed by atoms with Crippen molar-refractivity contribution in [3.63, 3.8) is 0 Å². The van der Waals surface area contributed by atoms with Gasteiger partial charge in [-0.25, -0.2) is 4.98 Å². The van der Waals surface area contributed by atoms with Gasteiger partial charge in [0.05, 0.1) is 11.4 Å². The maximum absolute atomic E-state index is 5.39. The molecule has 0 aliphatic heterocycles. The molecule has 0 spiro atoms. The Bertz CT molecular complexity index is 2870. The normalized spacial score (nSPS) is 11.6. The topological polar surface area (TPSA) is 12.9 Å². The minimum atomic E-state index is 0.970. The van der Waals surface area contributed by atoms with Gasteiger partial charge in [0, 0.05) is 11.1 Å². The SMILES string of the molecule is c1cc(-c2cccc3ccccc23)cc(-c2c3ccccc3c(-c3cccc(-c4ccc5ccc6ccccc6c5c4)n3)c3ccccc23)c1. The Morgan fingerprint density at radius 1 is 0.260 bits per heavy atom. The van der Waals surface area contributed by atoms with Crippen LogP contribution in [0.3, 0.4) is 0 Å². The van der Waals surface area contributed by atoms with Crippen LogP contribution in [0.4, 0.5) is 0 Å². The largest absolute Gasteiger partial charge is 0.248 e. The van der Waals surface area contributed by atoms with Gasteiger partial charge in [0.15, 0.2) is 0 Å². The van der Waals surface area contributed by atoms with Gasteiger partial charge in [-0.05, 0) is 100 Å². The van der Waals surface area contributed by atoms with Crippen LogP contribution in [0.1, 0.15) is 0 Å². The first kappa shape index (κ1) is 28.4. The molecule has 232 valence electrons. The number of pyridine rings is 1. The van der Waals surface area contributed by atoms with Crippen molar-refractivity contribution in [2.75, 3.05) is 0 Å². The smallest absolute Gasteiger partial charge is 0.0722 e. The summed E-state index contributed by atoms with van der Waals surface area (Å²) in [5, 5.41) is 12.4. The highest BCUT2D eigenvalue weighted by Crippen LogP contribution is 2.44. The van der Waals surface area contributed by atoms with Gasteiger partial charge >= 0.3 is 0 Å². The molecule has 0 atom stereocenters. The summed E-state index contributed by atoms with van der Waals surface area (Å²) < 4.78 is 0. The summed E-state index contributed by atoms with van der Waals surface area (Å²) in [5.74, 6) is 0. The van der Waals surface area contributed by atoms with Crippen LogP contribution in [0, 0.1) is 0 Å². The van der Waals surface area contributed by atoms with Crippen LogP contribution in [0.25, 0.3) is 98.6 Å². The van der Waals surface area contributed by atoms with E-state index in [2.05, 4.69) is 188 Å². The lowest BCUT2D eigenvalue weighted by Gasteiger charge is -2.18. The van der Waals surface area contributed by atoms with Crippen molar-refractivity contribution in [2.45, 2.75) is 0 Å². The third kappa shape index (κ3) is 4.59. The molecule has 1 heterocycles. The van der Waals surface area contributed by atoms with Crippen LogP contribution < -0.4 is 0 Å². The first-order valence-electron chi connectivity index (χ1n) is 17.2. The molecular formula is C49H31N. The maximum Gasteiger partial charge on any atom is 0.0722 e. The average molecular weight is 634 g/mol. The number of benzene rings is 9. The number of nitrogens with zero attached hydrogens (tertiary/aromatic N) is 1. The summed E-state index contributed by atoms with van der Waals surface area (Å²) in [4.78, 5) is 5.39. The van der Waals surface area contributed by atoms with Crippen LogP contribution in [-0.2, 0) is 0 Å². The first-order chi connectivity index (χ1) is 24.8. The van der Waals surface area contributed by atoms with Crippen molar-refractivity contribution in [2.24, 2.45) is 0 Å². The lowest BCUT2D eigenvalue weighted by Crippen LogP contribution is -1.94. The Kier molecular flexibility index (Phi) is 6.57. The number of rotatable bonds is 4. The molecule has 0 bridgehead atoms. The van der Waals surface area contributed by atoms with E-state index in [-0.39, 0.29) is 0 Å². The Hall–Kier alpha value is -6.57. The Labute approximate surface area is 290 Å². The summed E-state index contributed by atoms with van der Waals surface area (Å²) >= 11 is 0. The molecule has 0 unspecified atom stereocenters. The van der Waals surface area contributed by atoms with Crippen LogP contribution in [0.15, 0.2) is 188 Å². The van der Waals surface area contributed by atoms with Crippen molar-refractivity contribution in [1.82, 2.24) is 4.98 Å². The van der Waals surface area contributed by atoms with Crippen LogP contribution >= 0.6 is 0 Å². The first-order valence-corrected chi connectivity index (χ1v) is 17.2. The Morgan fingerprint density at radius 3 is 1.50 bits per heavy atom. The fraction of sp³-hybridized carbons (Fsp3) is 0. The molecule has 1 heteroatoms. The van der Waals surface area contributed by atoms with Crippen molar-refractivity contribution in [3.8, 4) is 44.8 Å². The van der Waals surface area contributed by atoms with Crippen LogP contribution in [0.5, 0.6) is 0 Å². The van der Waals surface area contributed by atoms with Gasteiger partial charge in [0.2, 0.25) is 0 Å². The zero-order valence-corrected chi connectivity index (χ0v) is 27.3. The molecule has 1 nitrogen and oxygen atoms in total. The van der Waals surface area contributed by atoms with Gasteiger partial charge in [-0.3, -0.25) is 0 Å². The molecule has 0 N–H and O–H groups in total. The fourth-order valence-electron chi connectivity index (χ4n) is 7.93. The van der Waals surface area contributed by atoms with E-state index in [0.29, 0.717) is 0 Å². The quantitative estimate of drug-likeness (QED) is 0.139. The number of fused-ring (bicyclic) bond motifs is 6. The lowest BCUT2D eigenvalue weighted by molar-refractivity contribution is 1.34. The van der Waals surface area contributed by atoms with Gasteiger partial charge < -0.3 is 0 Å². The Balaban J connectivity index is 1.17. The van der Waals surface area contributed by atoms with Gasteiger partial charge in [0.1, 0.15) is 0 Å². The van der Waals surface area contributed by atoms with E-state index in [1.807, 2.05) is 0 Å². The second-order valence-electron chi connectivity index (χ2n) is 13.1. The molecule has 0 saturated carbocycles. The minimum absolute atomic E-state index is 0.970. The van der Waals surface area contributed by atoms with E-state index in [1.54, 1.807) is 0 Å². The molecule has 0 saturated heterocycles. The maximum atomic E-state index is 5.39. The third-order valence-corrected chi connectivity index (χ3v) is 10.2. The molecule has 0 radical (unpaired) electrons. The molecule has 50 heavy (non-hydrogen) atoms. The highest BCUT2D eigenvalue weighted by molar-refractivity contribution is 6.21. The fourth-order valence-corrected chi connectivity index (χ4v) is 7.93. The second kappa shape index (κ2) is 11.5. The van der Waals surface area contributed by atoms with Gasteiger partial charge in [-0.2, -0.15) is 0 Å². The summed E-state index contributed by atoms with van der Waals surface area (Å²) in [6.45, 7) is 0. The molecular weight excluding hydrogens is 603 g/mol. The molecule has 0 fully saturated rings. The van der Waals surface area contributed by atoms with Gasteiger partial charge in [0.25, 0.3) is 0 Å². The molecule has 1 aromatic heterocycles. The molecule has 0 amide bonds. The van der Waals surface area contributed by atoms with Crippen LogP contribution in [0.2, 0.25) is 0 Å². The summed E-state index contributed by atoms with van der Waals surface area (Å²) in [6, 6.07) is 68.1. The Morgan fingerprint density at radius 2 is 0.760 bits per heavy atom. The van der Waals surface area contributed by atoms with Crippen molar-refractivity contribution in [3.05, 3.63) is 188 Å². The highest BCUT2D eigenvalue weighted by Gasteiger charge is 2.18. The van der Waals surface area contributed by atoms with E-state index in [1.165, 1.54) is 81.7 Å². The third-order valence-electron chi connectivity index (χ3n) is 10.2. The van der Waals surface area contributed by atoms with E-state index in [4.69, 9.17) is 4.98 Å². The lowest BCUT2D eigenvalue weighted by atomic mass is 9.86. The summed E-state index contributed by atoms with van der Waals surface area (Å²) in [7, 11) is 0. The van der Waals surface area contributed by atoms with Gasteiger partial charge in [-0.15, -0.1) is 0 Å². The molecule has 0 aliphatic rings. The standard InChI is InChI=1S/C49H31N/c1-3-17-38-32(12-1)14-10-23-40(38)35-15-9-16-37(30-35)48-41-19-5-7-21-43(41)49(44-22-8-6-20-42(44)48)47-25-11-24-46(50-47)36-29-28-34-27-26-33-13-2-4-18-39(33)45(34)31-36/h1-31H. The van der Waals surface area contributed by atoms with Crippen molar-refractivity contribution < 1.29 is 0 Å². The number of aromatic nitrogens is 1. The van der Waals surface area contributed by atoms with Crippen molar-refractivity contribution >= 4 is 53.9 Å².